The minimum absolute atomic E-state index is 0.104. The Morgan fingerprint density at radius 1 is 0.852 bits per heavy atom. The monoisotopic (exact) mass is 360 g/mol. The molecule has 0 aliphatic heterocycles. The number of amides is 1. The van der Waals surface area contributed by atoms with Gasteiger partial charge in [0.15, 0.2) is 6.61 Å². The molecule has 0 aliphatic rings. The van der Waals surface area contributed by atoms with Gasteiger partial charge in [0, 0.05) is 5.56 Å². The van der Waals surface area contributed by atoms with E-state index in [2.05, 4.69) is 10.5 Å². The Balaban J connectivity index is 1.51. The molecule has 0 spiro atoms. The molecule has 5 nitrogen and oxygen atoms in total. The lowest BCUT2D eigenvalue weighted by atomic mass is 10.2. The van der Waals surface area contributed by atoms with Gasteiger partial charge in [0.05, 0.1) is 6.21 Å². The number of benzene rings is 3. The lowest BCUT2D eigenvalue weighted by Gasteiger charge is -2.09. The molecule has 1 N–H and O–H groups in total. The summed E-state index contributed by atoms with van der Waals surface area (Å²) >= 11 is 0. The highest BCUT2D eigenvalue weighted by atomic mass is 16.5. The van der Waals surface area contributed by atoms with E-state index in [-0.39, 0.29) is 12.5 Å². The largest absolute Gasteiger partial charge is 0.488 e. The fourth-order valence-corrected chi connectivity index (χ4v) is 2.33. The van der Waals surface area contributed by atoms with Crippen LogP contribution in [0.15, 0.2) is 90.0 Å². The molecule has 136 valence electrons. The predicted molar refractivity (Wildman–Crippen MR) is 105 cm³/mol. The lowest BCUT2D eigenvalue weighted by Crippen LogP contribution is -2.24. The Kier molecular flexibility index (Phi) is 6.59. The summed E-state index contributed by atoms with van der Waals surface area (Å²) < 4.78 is 11.2. The van der Waals surface area contributed by atoms with Crippen molar-refractivity contribution >= 4 is 12.1 Å². The third-order valence-corrected chi connectivity index (χ3v) is 3.66. The molecule has 3 aromatic carbocycles. The average Bonchev–Trinajstić information content (AvgIpc) is 2.73. The second kappa shape index (κ2) is 9.77. The van der Waals surface area contributed by atoms with E-state index in [1.54, 1.807) is 18.3 Å². The molecular weight excluding hydrogens is 340 g/mol. The van der Waals surface area contributed by atoms with Crippen molar-refractivity contribution in [3.63, 3.8) is 0 Å². The Hall–Kier alpha value is -3.60. The first-order valence-electron chi connectivity index (χ1n) is 8.57. The fraction of sp³-hybridized carbons (Fsp3) is 0.0909. The Labute approximate surface area is 158 Å². The SMILES string of the molecule is O=C(COc1ccccc1)N/N=C\c1ccccc1OCc1ccccc1. The minimum atomic E-state index is -0.335. The van der Waals surface area contributed by atoms with Crippen LogP contribution >= 0.6 is 0 Å². The zero-order valence-electron chi connectivity index (χ0n) is 14.7. The van der Waals surface area contributed by atoms with Gasteiger partial charge in [-0.25, -0.2) is 5.43 Å². The molecule has 0 unspecified atom stereocenters. The first kappa shape index (κ1) is 18.2. The maximum absolute atomic E-state index is 11.8. The molecule has 0 radical (unpaired) electrons. The van der Waals surface area contributed by atoms with E-state index >= 15 is 0 Å². The van der Waals surface area contributed by atoms with Gasteiger partial charge >= 0.3 is 0 Å². The van der Waals surface area contributed by atoms with Crippen molar-refractivity contribution in [1.29, 1.82) is 0 Å². The molecule has 0 bridgehead atoms. The molecule has 3 rings (SSSR count). The quantitative estimate of drug-likeness (QED) is 0.491. The normalized spacial score (nSPS) is 10.5. The third kappa shape index (κ3) is 6.01. The first-order valence-corrected chi connectivity index (χ1v) is 8.57. The van der Waals surface area contributed by atoms with Crippen molar-refractivity contribution in [2.45, 2.75) is 6.61 Å². The standard InChI is InChI=1S/C22H20N2O3/c25-22(17-26-20-12-5-2-6-13-20)24-23-15-19-11-7-8-14-21(19)27-16-18-9-3-1-4-10-18/h1-15H,16-17H2,(H,24,25)/b23-15-. The molecule has 0 atom stereocenters. The molecule has 0 aliphatic carbocycles. The van der Waals surface area contributed by atoms with E-state index in [0.29, 0.717) is 18.1 Å². The van der Waals surface area contributed by atoms with Crippen molar-refractivity contribution in [2.24, 2.45) is 5.10 Å². The van der Waals surface area contributed by atoms with Crippen LogP contribution < -0.4 is 14.9 Å². The molecule has 0 saturated heterocycles. The van der Waals surface area contributed by atoms with Crippen molar-refractivity contribution in [2.75, 3.05) is 6.61 Å². The van der Waals surface area contributed by atoms with Crippen LogP contribution in [0.2, 0.25) is 0 Å². The van der Waals surface area contributed by atoms with Gasteiger partial charge in [-0.3, -0.25) is 4.79 Å². The van der Waals surface area contributed by atoms with Crippen molar-refractivity contribution in [3.8, 4) is 11.5 Å². The van der Waals surface area contributed by atoms with Gasteiger partial charge < -0.3 is 9.47 Å². The van der Waals surface area contributed by atoms with Crippen molar-refractivity contribution in [3.05, 3.63) is 96.1 Å². The number of ether oxygens (including phenoxy) is 2. The number of hydrogen-bond donors (Lipinski definition) is 1. The molecule has 0 heterocycles. The van der Waals surface area contributed by atoms with Gasteiger partial charge in [-0.15, -0.1) is 0 Å². The van der Waals surface area contributed by atoms with Crippen LogP contribution in [0.1, 0.15) is 11.1 Å². The number of carbonyl (C=O) groups is 1. The summed E-state index contributed by atoms with van der Waals surface area (Å²) in [5, 5.41) is 3.98. The van der Waals surface area contributed by atoms with Crippen LogP contribution in [0.5, 0.6) is 11.5 Å². The van der Waals surface area contributed by atoms with Crippen LogP contribution in [0, 0.1) is 0 Å². The Bertz CT molecular complexity index is 880. The maximum Gasteiger partial charge on any atom is 0.277 e. The zero-order valence-corrected chi connectivity index (χ0v) is 14.7. The van der Waals surface area contributed by atoms with Crippen molar-refractivity contribution in [1.82, 2.24) is 5.43 Å². The maximum atomic E-state index is 11.8. The smallest absolute Gasteiger partial charge is 0.277 e. The van der Waals surface area contributed by atoms with Crippen LogP contribution in [0.4, 0.5) is 0 Å². The fourth-order valence-electron chi connectivity index (χ4n) is 2.33. The van der Waals surface area contributed by atoms with E-state index in [4.69, 9.17) is 9.47 Å². The number of hydrogen-bond acceptors (Lipinski definition) is 4. The van der Waals surface area contributed by atoms with Crippen LogP contribution in [-0.2, 0) is 11.4 Å². The van der Waals surface area contributed by atoms with E-state index < -0.39 is 0 Å². The van der Waals surface area contributed by atoms with E-state index in [0.717, 1.165) is 11.1 Å². The number of rotatable bonds is 8. The average molecular weight is 360 g/mol. The molecule has 0 saturated carbocycles. The number of nitrogens with one attached hydrogen (secondary N) is 1. The highest BCUT2D eigenvalue weighted by molar-refractivity contribution is 5.85. The zero-order chi connectivity index (χ0) is 18.7. The number of carbonyl (C=O) groups excluding carboxylic acids is 1. The Morgan fingerprint density at radius 3 is 2.30 bits per heavy atom. The van der Waals surface area contributed by atoms with Gasteiger partial charge in [-0.05, 0) is 29.8 Å². The van der Waals surface area contributed by atoms with Crippen LogP contribution in [-0.4, -0.2) is 18.7 Å². The minimum Gasteiger partial charge on any atom is -0.488 e. The molecule has 0 aromatic heterocycles. The lowest BCUT2D eigenvalue weighted by molar-refractivity contribution is -0.123. The van der Waals surface area contributed by atoms with Crippen LogP contribution in [0.3, 0.4) is 0 Å². The topological polar surface area (TPSA) is 59.9 Å². The summed E-state index contributed by atoms with van der Waals surface area (Å²) in [4.78, 5) is 11.8. The highest BCUT2D eigenvalue weighted by Gasteiger charge is 2.03. The summed E-state index contributed by atoms with van der Waals surface area (Å²) in [6.07, 6.45) is 1.56. The number of nitrogens with zero attached hydrogens (tertiary/aromatic N) is 1. The highest BCUT2D eigenvalue weighted by Crippen LogP contribution is 2.17. The van der Waals surface area contributed by atoms with Crippen LogP contribution in [0.25, 0.3) is 0 Å². The summed E-state index contributed by atoms with van der Waals surface area (Å²) in [7, 11) is 0. The Morgan fingerprint density at radius 2 is 1.52 bits per heavy atom. The molecule has 0 fully saturated rings. The molecule has 5 heteroatoms. The summed E-state index contributed by atoms with van der Waals surface area (Å²) in [6, 6.07) is 26.6. The van der Waals surface area contributed by atoms with Gasteiger partial charge in [-0.2, -0.15) is 5.10 Å². The summed E-state index contributed by atoms with van der Waals surface area (Å²) in [6.45, 7) is 0.358. The molecular formula is C22H20N2O3. The van der Waals surface area contributed by atoms with E-state index in [1.165, 1.54) is 0 Å². The van der Waals surface area contributed by atoms with Crippen molar-refractivity contribution < 1.29 is 14.3 Å². The van der Waals surface area contributed by atoms with Gasteiger partial charge in [0.1, 0.15) is 18.1 Å². The van der Waals surface area contributed by atoms with Gasteiger partial charge in [-0.1, -0.05) is 60.7 Å². The number of hydrazone groups is 1. The second-order valence-corrected chi connectivity index (χ2v) is 5.71. The molecule has 3 aromatic rings. The van der Waals surface area contributed by atoms with Gasteiger partial charge in [0.2, 0.25) is 0 Å². The third-order valence-electron chi connectivity index (χ3n) is 3.66. The summed E-state index contributed by atoms with van der Waals surface area (Å²) in [5.41, 5.74) is 4.31. The van der Waals surface area contributed by atoms with E-state index in [9.17, 15) is 4.79 Å². The molecule has 27 heavy (non-hydrogen) atoms. The van der Waals surface area contributed by atoms with Gasteiger partial charge in [0.25, 0.3) is 5.91 Å². The summed E-state index contributed by atoms with van der Waals surface area (Å²) in [5.74, 6) is 0.994. The predicted octanol–water partition coefficient (Wildman–Crippen LogP) is 3.79. The second-order valence-electron chi connectivity index (χ2n) is 5.71. The molecule has 1 amide bonds. The number of para-hydroxylation sites is 2. The van der Waals surface area contributed by atoms with E-state index in [1.807, 2.05) is 72.8 Å². The first-order chi connectivity index (χ1) is 13.3.